The molecule has 112 valence electrons. The van der Waals surface area contributed by atoms with Crippen LogP contribution in [0.25, 0.3) is 0 Å². The molecule has 3 unspecified atom stereocenters. The Morgan fingerprint density at radius 2 is 2.15 bits per heavy atom. The molecule has 0 amide bonds. The third-order valence-corrected chi connectivity index (χ3v) is 5.68. The fraction of sp³-hybridized carbons (Fsp3) is 0.647. The van der Waals surface area contributed by atoms with E-state index >= 15 is 0 Å². The first-order valence-corrected chi connectivity index (χ1v) is 9.18. The minimum atomic E-state index is 0.471. The van der Waals surface area contributed by atoms with Crippen LogP contribution in [0.1, 0.15) is 58.1 Å². The molecule has 1 aromatic rings. The number of hydrogen-bond acceptors (Lipinski definition) is 2. The highest BCUT2D eigenvalue weighted by Gasteiger charge is 2.23. The highest BCUT2D eigenvalue weighted by Crippen LogP contribution is 2.38. The molecule has 20 heavy (non-hydrogen) atoms. The van der Waals surface area contributed by atoms with Gasteiger partial charge in [-0.25, -0.2) is 0 Å². The second-order valence-electron chi connectivity index (χ2n) is 5.89. The standard InChI is InChI=1S/C17H26ClNS/c1-4-12(3)10-14(5-2)19-16-8-9-20-17-7-6-13(18)11-15(16)17/h6-7,11-12,14,16,19H,4-5,8-10H2,1-3H3. The van der Waals surface area contributed by atoms with E-state index in [4.69, 9.17) is 11.6 Å². The van der Waals surface area contributed by atoms with Crippen molar-refractivity contribution in [3.63, 3.8) is 0 Å². The number of fused-ring (bicyclic) bond motifs is 1. The van der Waals surface area contributed by atoms with E-state index in [1.54, 1.807) is 0 Å². The third kappa shape index (κ3) is 4.16. The lowest BCUT2D eigenvalue weighted by atomic mass is 9.95. The van der Waals surface area contributed by atoms with Gasteiger partial charge >= 0.3 is 0 Å². The van der Waals surface area contributed by atoms with Crippen LogP contribution in [-0.2, 0) is 0 Å². The summed E-state index contributed by atoms with van der Waals surface area (Å²) in [6, 6.07) is 7.41. The van der Waals surface area contributed by atoms with Crippen LogP contribution in [0.5, 0.6) is 0 Å². The second-order valence-corrected chi connectivity index (χ2v) is 7.47. The number of thioether (sulfide) groups is 1. The predicted octanol–water partition coefficient (Wildman–Crippen LogP) is 5.68. The number of benzene rings is 1. The summed E-state index contributed by atoms with van der Waals surface area (Å²) in [6.07, 6.45) is 4.94. The molecule has 0 spiro atoms. The largest absolute Gasteiger partial charge is 0.307 e. The number of halogens is 1. The molecule has 0 radical (unpaired) electrons. The zero-order valence-corrected chi connectivity index (χ0v) is 14.4. The molecule has 1 heterocycles. The quantitative estimate of drug-likeness (QED) is 0.725. The van der Waals surface area contributed by atoms with E-state index in [2.05, 4.69) is 38.2 Å². The number of hydrogen-bond donors (Lipinski definition) is 1. The maximum Gasteiger partial charge on any atom is 0.0410 e. The smallest absolute Gasteiger partial charge is 0.0410 e. The molecular formula is C17H26ClNS. The summed E-state index contributed by atoms with van der Waals surface area (Å²) in [5.41, 5.74) is 1.40. The van der Waals surface area contributed by atoms with Crippen LogP contribution in [-0.4, -0.2) is 11.8 Å². The molecule has 1 nitrogen and oxygen atoms in total. The Hall–Kier alpha value is -0.180. The molecule has 2 rings (SSSR count). The highest BCUT2D eigenvalue weighted by atomic mass is 35.5. The first-order valence-electron chi connectivity index (χ1n) is 7.82. The zero-order valence-electron chi connectivity index (χ0n) is 12.8. The maximum atomic E-state index is 6.18. The lowest BCUT2D eigenvalue weighted by molar-refractivity contribution is 0.344. The Bertz CT molecular complexity index is 435. The van der Waals surface area contributed by atoms with Crippen LogP contribution in [0.15, 0.2) is 23.1 Å². The molecule has 0 aliphatic carbocycles. The summed E-state index contributed by atoms with van der Waals surface area (Å²) in [5.74, 6) is 2.00. The van der Waals surface area contributed by atoms with Gasteiger partial charge in [-0.15, -0.1) is 11.8 Å². The molecule has 1 aromatic carbocycles. The van der Waals surface area contributed by atoms with Gasteiger partial charge in [-0.05, 0) is 54.7 Å². The van der Waals surface area contributed by atoms with Crippen molar-refractivity contribution in [2.24, 2.45) is 5.92 Å². The van der Waals surface area contributed by atoms with Crippen molar-refractivity contribution in [3.05, 3.63) is 28.8 Å². The van der Waals surface area contributed by atoms with Crippen LogP contribution < -0.4 is 5.32 Å². The predicted molar refractivity (Wildman–Crippen MR) is 90.8 cm³/mol. The van der Waals surface area contributed by atoms with E-state index in [-0.39, 0.29) is 0 Å². The van der Waals surface area contributed by atoms with Gasteiger partial charge in [0.15, 0.2) is 0 Å². The topological polar surface area (TPSA) is 12.0 Å². The van der Waals surface area contributed by atoms with Crippen LogP contribution in [0.2, 0.25) is 5.02 Å². The Morgan fingerprint density at radius 1 is 1.35 bits per heavy atom. The van der Waals surface area contributed by atoms with Crippen LogP contribution in [0.4, 0.5) is 0 Å². The lowest BCUT2D eigenvalue weighted by Gasteiger charge is -2.31. The van der Waals surface area contributed by atoms with Crippen molar-refractivity contribution < 1.29 is 0 Å². The summed E-state index contributed by atoms with van der Waals surface area (Å²) in [7, 11) is 0. The summed E-state index contributed by atoms with van der Waals surface area (Å²) in [5, 5.41) is 4.74. The van der Waals surface area contributed by atoms with Crippen molar-refractivity contribution in [1.29, 1.82) is 0 Å². The molecule has 1 aliphatic rings. The van der Waals surface area contributed by atoms with Crippen molar-refractivity contribution in [2.45, 2.75) is 63.4 Å². The summed E-state index contributed by atoms with van der Waals surface area (Å²) < 4.78 is 0. The molecule has 0 fully saturated rings. The van der Waals surface area contributed by atoms with Crippen LogP contribution >= 0.6 is 23.4 Å². The Labute approximate surface area is 132 Å². The van der Waals surface area contributed by atoms with Crippen LogP contribution in [0.3, 0.4) is 0 Å². The van der Waals surface area contributed by atoms with Gasteiger partial charge in [0.25, 0.3) is 0 Å². The fourth-order valence-electron chi connectivity index (χ4n) is 2.83. The normalized spacial score (nSPS) is 21.3. The highest BCUT2D eigenvalue weighted by molar-refractivity contribution is 7.99. The molecular weight excluding hydrogens is 286 g/mol. The van der Waals surface area contributed by atoms with Gasteiger partial charge < -0.3 is 5.32 Å². The van der Waals surface area contributed by atoms with E-state index in [0.717, 1.165) is 10.9 Å². The Morgan fingerprint density at radius 3 is 2.85 bits per heavy atom. The molecule has 1 N–H and O–H groups in total. The first-order chi connectivity index (χ1) is 9.63. The average Bonchev–Trinajstić information content (AvgIpc) is 2.46. The van der Waals surface area contributed by atoms with Gasteiger partial charge in [0.05, 0.1) is 0 Å². The molecule has 1 aliphatic heterocycles. The van der Waals surface area contributed by atoms with Gasteiger partial charge in [0.1, 0.15) is 0 Å². The molecule has 0 saturated heterocycles. The van der Waals surface area contributed by atoms with Crippen molar-refractivity contribution in [1.82, 2.24) is 5.32 Å². The molecule has 3 heteroatoms. The SMILES string of the molecule is CCC(C)CC(CC)NC1CCSc2ccc(Cl)cc21. The molecule has 0 aromatic heterocycles. The zero-order chi connectivity index (χ0) is 14.5. The van der Waals surface area contributed by atoms with Gasteiger partial charge in [-0.1, -0.05) is 38.8 Å². The van der Waals surface area contributed by atoms with Crippen molar-refractivity contribution in [3.8, 4) is 0 Å². The maximum absolute atomic E-state index is 6.18. The van der Waals surface area contributed by atoms with Gasteiger partial charge in [0.2, 0.25) is 0 Å². The molecule has 0 bridgehead atoms. The van der Waals surface area contributed by atoms with Crippen molar-refractivity contribution in [2.75, 3.05) is 5.75 Å². The van der Waals surface area contributed by atoms with Crippen molar-refractivity contribution >= 4 is 23.4 Å². The third-order valence-electron chi connectivity index (χ3n) is 4.32. The molecule has 0 saturated carbocycles. The summed E-state index contributed by atoms with van der Waals surface area (Å²) in [6.45, 7) is 6.92. The average molecular weight is 312 g/mol. The monoisotopic (exact) mass is 311 g/mol. The fourth-order valence-corrected chi connectivity index (χ4v) is 4.11. The van der Waals surface area contributed by atoms with Gasteiger partial charge in [0, 0.05) is 22.0 Å². The number of rotatable bonds is 6. The van der Waals surface area contributed by atoms with E-state index in [0.29, 0.717) is 12.1 Å². The first kappa shape index (κ1) is 16.2. The minimum absolute atomic E-state index is 0.471. The van der Waals surface area contributed by atoms with E-state index in [1.165, 1.54) is 41.9 Å². The van der Waals surface area contributed by atoms with Crippen LogP contribution in [0, 0.1) is 5.92 Å². The van der Waals surface area contributed by atoms with E-state index < -0.39 is 0 Å². The van der Waals surface area contributed by atoms with E-state index in [9.17, 15) is 0 Å². The Balaban J connectivity index is 2.08. The minimum Gasteiger partial charge on any atom is -0.307 e. The summed E-state index contributed by atoms with van der Waals surface area (Å²) >= 11 is 8.14. The van der Waals surface area contributed by atoms with Gasteiger partial charge in [-0.2, -0.15) is 0 Å². The Kier molecular flexibility index (Phi) is 6.25. The van der Waals surface area contributed by atoms with Gasteiger partial charge in [-0.3, -0.25) is 0 Å². The molecule has 3 atom stereocenters. The second kappa shape index (κ2) is 7.72. The lowest BCUT2D eigenvalue weighted by Crippen LogP contribution is -2.35. The summed E-state index contributed by atoms with van der Waals surface area (Å²) in [4.78, 5) is 1.40. The number of nitrogens with one attached hydrogen (secondary N) is 1. The van der Waals surface area contributed by atoms with E-state index in [1.807, 2.05) is 17.8 Å².